The van der Waals surface area contributed by atoms with E-state index in [0.717, 1.165) is 17.5 Å². The molecule has 116 valence electrons. The monoisotopic (exact) mass is 303 g/mol. The molecular formula is C11H16F3N7. The van der Waals surface area contributed by atoms with Gasteiger partial charge in [-0.3, -0.25) is 5.43 Å². The molecule has 1 aromatic rings. The molecule has 10 heteroatoms. The van der Waals surface area contributed by atoms with Gasteiger partial charge in [0, 0.05) is 6.20 Å². The first-order valence-corrected chi connectivity index (χ1v) is 6.13. The summed E-state index contributed by atoms with van der Waals surface area (Å²) in [5.74, 6) is 5.39. The lowest BCUT2D eigenvalue weighted by Crippen LogP contribution is -2.70. The molecule has 0 amide bonds. The molecule has 0 saturated heterocycles. The van der Waals surface area contributed by atoms with Gasteiger partial charge in [-0.25, -0.2) is 15.8 Å². The van der Waals surface area contributed by atoms with Gasteiger partial charge in [-0.15, -0.1) is 0 Å². The van der Waals surface area contributed by atoms with E-state index in [9.17, 15) is 13.2 Å². The average Bonchev–Trinajstić information content (AvgIpc) is 2.36. The third kappa shape index (κ3) is 3.29. The minimum Gasteiger partial charge on any atom is -0.309 e. The standard InChI is InChI=1S/C11H16F3N7/c1-6(2)10(15)5-7(19-21(16)20-10)9-17-4-3-8(18-9)11(12,13)14/h3-6,19-20H,15-16H2,1-2H3. The molecule has 1 aliphatic rings. The normalized spacial score (nSPS) is 23.9. The largest absolute Gasteiger partial charge is 0.433 e. The van der Waals surface area contributed by atoms with Crippen molar-refractivity contribution in [1.29, 1.82) is 0 Å². The molecule has 1 aliphatic heterocycles. The number of nitrogens with zero attached hydrogens (tertiary/aromatic N) is 3. The van der Waals surface area contributed by atoms with E-state index in [1.165, 1.54) is 6.08 Å². The van der Waals surface area contributed by atoms with E-state index in [4.69, 9.17) is 11.6 Å². The van der Waals surface area contributed by atoms with Crippen LogP contribution in [-0.2, 0) is 6.18 Å². The Balaban J connectivity index is 2.43. The van der Waals surface area contributed by atoms with Crippen LogP contribution in [0.2, 0.25) is 0 Å². The molecule has 0 saturated carbocycles. The van der Waals surface area contributed by atoms with E-state index in [-0.39, 0.29) is 17.4 Å². The number of halogens is 3. The smallest absolute Gasteiger partial charge is 0.309 e. The molecule has 0 bridgehead atoms. The van der Waals surface area contributed by atoms with Crippen LogP contribution in [0.3, 0.4) is 0 Å². The fourth-order valence-corrected chi connectivity index (χ4v) is 1.73. The van der Waals surface area contributed by atoms with Crippen molar-refractivity contribution >= 4 is 5.70 Å². The number of rotatable bonds is 2. The lowest BCUT2D eigenvalue weighted by molar-refractivity contribution is -0.141. The van der Waals surface area contributed by atoms with Gasteiger partial charge in [0.05, 0.1) is 5.70 Å². The molecule has 0 spiro atoms. The first kappa shape index (κ1) is 15.6. The molecule has 2 heterocycles. The van der Waals surface area contributed by atoms with Crippen LogP contribution in [0.15, 0.2) is 18.3 Å². The maximum Gasteiger partial charge on any atom is 0.433 e. The molecule has 0 fully saturated rings. The molecule has 6 N–H and O–H groups in total. The molecule has 0 radical (unpaired) electrons. The second kappa shape index (κ2) is 5.22. The summed E-state index contributed by atoms with van der Waals surface area (Å²) in [5.41, 5.74) is 9.61. The van der Waals surface area contributed by atoms with Gasteiger partial charge in [0.2, 0.25) is 0 Å². The van der Waals surface area contributed by atoms with Gasteiger partial charge >= 0.3 is 6.18 Å². The molecule has 1 unspecified atom stereocenters. The Hall–Kier alpha value is -1.75. The molecule has 7 nitrogen and oxygen atoms in total. The quantitative estimate of drug-likeness (QED) is 0.584. The van der Waals surface area contributed by atoms with E-state index in [1.54, 1.807) is 0 Å². The van der Waals surface area contributed by atoms with Crippen LogP contribution in [0.5, 0.6) is 0 Å². The van der Waals surface area contributed by atoms with Crippen molar-refractivity contribution in [2.24, 2.45) is 17.5 Å². The van der Waals surface area contributed by atoms with Crippen LogP contribution < -0.4 is 22.4 Å². The zero-order chi connectivity index (χ0) is 15.8. The lowest BCUT2D eigenvalue weighted by Gasteiger charge is -2.40. The summed E-state index contributed by atoms with van der Waals surface area (Å²) < 4.78 is 38.1. The zero-order valence-electron chi connectivity index (χ0n) is 11.4. The van der Waals surface area contributed by atoms with Gasteiger partial charge in [-0.2, -0.15) is 18.6 Å². The molecule has 0 aliphatic carbocycles. The predicted molar refractivity (Wildman–Crippen MR) is 69.1 cm³/mol. The molecule has 0 aromatic carbocycles. The maximum absolute atomic E-state index is 12.7. The SMILES string of the molecule is CC(C)C1(N)C=C(c2nccc(C(F)(F)F)n2)NN(N)N1. The highest BCUT2D eigenvalue weighted by Gasteiger charge is 2.36. The topological polar surface area (TPSA) is 105 Å². The van der Waals surface area contributed by atoms with Gasteiger partial charge < -0.3 is 5.73 Å². The van der Waals surface area contributed by atoms with Crippen LogP contribution in [0, 0.1) is 5.92 Å². The van der Waals surface area contributed by atoms with E-state index in [0.29, 0.717) is 0 Å². The number of nitrogens with two attached hydrogens (primary N) is 2. The average molecular weight is 303 g/mol. The first-order valence-electron chi connectivity index (χ1n) is 6.13. The van der Waals surface area contributed by atoms with Crippen molar-refractivity contribution in [1.82, 2.24) is 26.0 Å². The summed E-state index contributed by atoms with van der Waals surface area (Å²) in [6, 6.07) is 0.795. The van der Waals surface area contributed by atoms with Crippen molar-refractivity contribution in [3.8, 4) is 0 Å². The third-order valence-electron chi connectivity index (χ3n) is 3.08. The highest BCUT2D eigenvalue weighted by molar-refractivity contribution is 5.59. The van der Waals surface area contributed by atoms with Crippen molar-refractivity contribution in [2.45, 2.75) is 25.7 Å². The Labute approximate surface area is 119 Å². The predicted octanol–water partition coefficient (Wildman–Crippen LogP) is 0.346. The molecule has 2 rings (SSSR count). The Kier molecular flexibility index (Phi) is 3.89. The fraction of sp³-hybridized carbons (Fsp3) is 0.455. The van der Waals surface area contributed by atoms with Gasteiger partial charge in [-0.1, -0.05) is 19.1 Å². The minimum absolute atomic E-state index is 0.0774. The Bertz CT molecular complexity index is 557. The van der Waals surface area contributed by atoms with Crippen LogP contribution in [-0.4, -0.2) is 20.9 Å². The van der Waals surface area contributed by atoms with E-state index in [1.807, 2.05) is 13.8 Å². The Morgan fingerprint density at radius 3 is 2.62 bits per heavy atom. The van der Waals surface area contributed by atoms with Gasteiger partial charge in [0.25, 0.3) is 0 Å². The number of hydrazine groups is 3. The number of aromatic nitrogens is 2. The molecule has 1 atom stereocenters. The molecule has 1 aromatic heterocycles. The van der Waals surface area contributed by atoms with E-state index < -0.39 is 17.5 Å². The summed E-state index contributed by atoms with van der Waals surface area (Å²) in [6.45, 7) is 3.68. The fourth-order valence-electron chi connectivity index (χ4n) is 1.73. The lowest BCUT2D eigenvalue weighted by atomic mass is 9.95. The van der Waals surface area contributed by atoms with Gasteiger partial charge in [0.1, 0.15) is 11.4 Å². The summed E-state index contributed by atoms with van der Waals surface area (Å²) in [6.07, 6.45) is -2.01. The Morgan fingerprint density at radius 2 is 2.05 bits per heavy atom. The van der Waals surface area contributed by atoms with Crippen molar-refractivity contribution in [3.63, 3.8) is 0 Å². The van der Waals surface area contributed by atoms with Crippen molar-refractivity contribution in [2.75, 3.05) is 0 Å². The van der Waals surface area contributed by atoms with Gasteiger partial charge in [-0.05, 0) is 18.1 Å². The van der Waals surface area contributed by atoms with Crippen molar-refractivity contribution in [3.05, 3.63) is 29.9 Å². The van der Waals surface area contributed by atoms with Crippen LogP contribution in [0.25, 0.3) is 5.70 Å². The zero-order valence-corrected chi connectivity index (χ0v) is 11.4. The Morgan fingerprint density at radius 1 is 1.38 bits per heavy atom. The maximum atomic E-state index is 12.7. The third-order valence-corrected chi connectivity index (χ3v) is 3.08. The van der Waals surface area contributed by atoms with Crippen LogP contribution in [0.1, 0.15) is 25.4 Å². The summed E-state index contributed by atoms with van der Waals surface area (Å²) >= 11 is 0. The number of nitrogens with one attached hydrogen (secondary N) is 2. The second-order valence-electron chi connectivity index (χ2n) is 5.00. The highest BCUT2D eigenvalue weighted by atomic mass is 19.4. The summed E-state index contributed by atoms with van der Waals surface area (Å²) in [4.78, 5) is 7.32. The van der Waals surface area contributed by atoms with Crippen LogP contribution >= 0.6 is 0 Å². The van der Waals surface area contributed by atoms with E-state index in [2.05, 4.69) is 20.8 Å². The summed E-state index contributed by atoms with van der Waals surface area (Å²) in [7, 11) is 0. The number of hydrogen-bond donors (Lipinski definition) is 4. The number of hydrogen-bond acceptors (Lipinski definition) is 7. The second-order valence-corrected chi connectivity index (χ2v) is 5.00. The van der Waals surface area contributed by atoms with E-state index >= 15 is 0 Å². The number of alkyl halides is 3. The minimum atomic E-state index is -4.55. The molecule has 21 heavy (non-hydrogen) atoms. The van der Waals surface area contributed by atoms with Gasteiger partial charge in [0.15, 0.2) is 5.82 Å². The molecular weight excluding hydrogens is 287 g/mol. The van der Waals surface area contributed by atoms with Crippen molar-refractivity contribution < 1.29 is 13.2 Å². The first-order chi connectivity index (χ1) is 9.62. The summed E-state index contributed by atoms with van der Waals surface area (Å²) in [5, 5.41) is 0.971. The van der Waals surface area contributed by atoms with Crippen LogP contribution in [0.4, 0.5) is 13.2 Å². The highest BCUT2D eigenvalue weighted by Crippen LogP contribution is 2.28.